The van der Waals surface area contributed by atoms with Crippen molar-refractivity contribution in [3.05, 3.63) is 30.3 Å². The molecule has 146 valence electrons. The minimum Gasteiger partial charge on any atom is -0.338 e. The van der Waals surface area contributed by atoms with Crippen LogP contribution in [0.4, 0.5) is 0 Å². The molecule has 1 aromatic heterocycles. The molecular weight excluding hydrogens is 384 g/mol. The van der Waals surface area contributed by atoms with E-state index in [9.17, 15) is 13.2 Å². The molecule has 27 heavy (non-hydrogen) atoms. The third-order valence-corrected chi connectivity index (χ3v) is 7.14. The number of unbranched alkanes of at least 4 members (excludes halogenated alkanes) is 1. The quantitative estimate of drug-likeness (QED) is 0.674. The van der Waals surface area contributed by atoms with Crippen LogP contribution in [0.2, 0.25) is 0 Å². The maximum absolute atomic E-state index is 12.7. The van der Waals surface area contributed by atoms with Crippen molar-refractivity contribution < 1.29 is 13.2 Å². The number of amides is 1. The van der Waals surface area contributed by atoms with Crippen molar-refractivity contribution in [3.8, 4) is 11.4 Å². The van der Waals surface area contributed by atoms with Crippen molar-refractivity contribution in [2.24, 2.45) is 0 Å². The molecule has 1 N–H and O–H groups in total. The Hall–Kier alpha value is -1.87. The molecule has 7 nitrogen and oxygen atoms in total. The van der Waals surface area contributed by atoms with Crippen LogP contribution in [0, 0.1) is 0 Å². The van der Waals surface area contributed by atoms with Gasteiger partial charge in [0.25, 0.3) is 0 Å². The molecule has 1 aliphatic rings. The van der Waals surface area contributed by atoms with Crippen LogP contribution >= 0.6 is 11.8 Å². The lowest BCUT2D eigenvalue weighted by atomic mass is 10.2. The van der Waals surface area contributed by atoms with E-state index in [-0.39, 0.29) is 29.2 Å². The number of carbonyl (C=O) groups excluding carboxylic acids is 1. The standard InChI is InChI=1S/C18H24N4O3S2/c1-2-3-10-22(15-9-11-27(24,25)13-15)16(23)12-26-18-19-17(20-21-18)14-7-5-4-6-8-14/h4-8,15H,2-3,9-13H2,1H3,(H,19,20,21)/t15-/m0/s1. The fraction of sp³-hybridized carbons (Fsp3) is 0.500. The van der Waals surface area contributed by atoms with Gasteiger partial charge in [0.2, 0.25) is 11.1 Å². The van der Waals surface area contributed by atoms with E-state index in [1.807, 2.05) is 30.3 Å². The van der Waals surface area contributed by atoms with Crippen LogP contribution in [-0.4, -0.2) is 64.3 Å². The first-order valence-corrected chi connectivity index (χ1v) is 11.9. The Morgan fingerprint density at radius 3 is 2.78 bits per heavy atom. The lowest BCUT2D eigenvalue weighted by Gasteiger charge is -2.28. The third-order valence-electron chi connectivity index (χ3n) is 4.56. The zero-order valence-electron chi connectivity index (χ0n) is 15.3. The molecule has 1 atom stereocenters. The minimum absolute atomic E-state index is 0.0541. The second kappa shape index (κ2) is 8.88. The average Bonchev–Trinajstić information content (AvgIpc) is 3.27. The molecule has 0 bridgehead atoms. The topological polar surface area (TPSA) is 96.0 Å². The van der Waals surface area contributed by atoms with Crippen molar-refractivity contribution in [1.29, 1.82) is 0 Å². The summed E-state index contributed by atoms with van der Waals surface area (Å²) < 4.78 is 23.6. The number of rotatable bonds is 8. The summed E-state index contributed by atoms with van der Waals surface area (Å²) in [6, 6.07) is 9.45. The lowest BCUT2D eigenvalue weighted by Crippen LogP contribution is -2.42. The summed E-state index contributed by atoms with van der Waals surface area (Å²) in [5.74, 6) is 1.05. The van der Waals surface area contributed by atoms with Crippen molar-refractivity contribution in [1.82, 2.24) is 20.1 Å². The minimum atomic E-state index is -3.02. The number of aromatic nitrogens is 3. The number of carbonyl (C=O) groups is 1. The number of nitrogens with zero attached hydrogens (tertiary/aromatic N) is 3. The molecule has 0 aliphatic carbocycles. The Labute approximate surface area is 163 Å². The molecule has 9 heteroatoms. The number of hydrogen-bond acceptors (Lipinski definition) is 6. The number of benzene rings is 1. The van der Waals surface area contributed by atoms with Gasteiger partial charge >= 0.3 is 0 Å². The molecule has 0 saturated carbocycles. The zero-order valence-corrected chi connectivity index (χ0v) is 16.9. The van der Waals surface area contributed by atoms with Crippen molar-refractivity contribution in [2.75, 3.05) is 23.8 Å². The van der Waals surface area contributed by atoms with Gasteiger partial charge in [-0.3, -0.25) is 9.89 Å². The van der Waals surface area contributed by atoms with Crippen LogP contribution in [0.1, 0.15) is 26.2 Å². The monoisotopic (exact) mass is 408 g/mol. The van der Waals surface area contributed by atoms with E-state index in [4.69, 9.17) is 0 Å². The fourth-order valence-corrected chi connectivity index (χ4v) is 5.52. The second-order valence-corrected chi connectivity index (χ2v) is 9.79. The first-order chi connectivity index (χ1) is 13.0. The van der Waals surface area contributed by atoms with E-state index in [0.717, 1.165) is 18.4 Å². The van der Waals surface area contributed by atoms with Crippen LogP contribution in [0.15, 0.2) is 35.5 Å². The van der Waals surface area contributed by atoms with Gasteiger partial charge in [0.15, 0.2) is 15.7 Å². The third kappa shape index (κ3) is 5.32. The second-order valence-electron chi connectivity index (χ2n) is 6.62. The maximum atomic E-state index is 12.7. The van der Waals surface area contributed by atoms with E-state index in [1.165, 1.54) is 11.8 Å². The Morgan fingerprint density at radius 2 is 2.11 bits per heavy atom. The van der Waals surface area contributed by atoms with Crippen LogP contribution in [0.5, 0.6) is 0 Å². The molecule has 1 saturated heterocycles. The Bertz CT molecular complexity index is 868. The summed E-state index contributed by atoms with van der Waals surface area (Å²) in [4.78, 5) is 18.9. The van der Waals surface area contributed by atoms with Gasteiger partial charge in [0.05, 0.1) is 17.3 Å². The molecule has 0 unspecified atom stereocenters. The molecule has 1 amide bonds. The molecule has 0 radical (unpaired) electrons. The summed E-state index contributed by atoms with van der Waals surface area (Å²) >= 11 is 1.27. The van der Waals surface area contributed by atoms with Crippen molar-refractivity contribution in [3.63, 3.8) is 0 Å². The lowest BCUT2D eigenvalue weighted by molar-refractivity contribution is -0.130. The zero-order chi connectivity index (χ0) is 19.3. The first-order valence-electron chi connectivity index (χ1n) is 9.09. The summed E-state index contributed by atoms with van der Waals surface area (Å²) in [5.41, 5.74) is 0.934. The molecule has 0 spiro atoms. The highest BCUT2D eigenvalue weighted by Gasteiger charge is 2.34. The highest BCUT2D eigenvalue weighted by Crippen LogP contribution is 2.22. The number of aromatic amines is 1. The van der Waals surface area contributed by atoms with Crippen LogP contribution in [0.3, 0.4) is 0 Å². The van der Waals surface area contributed by atoms with Gasteiger partial charge in [-0.2, -0.15) is 0 Å². The molecule has 2 heterocycles. The normalized spacial score (nSPS) is 18.5. The van der Waals surface area contributed by atoms with Crippen molar-refractivity contribution >= 4 is 27.5 Å². The smallest absolute Gasteiger partial charge is 0.233 e. The number of hydrogen-bond donors (Lipinski definition) is 1. The first kappa shape index (κ1) is 19.9. The number of H-pyrrole nitrogens is 1. The fourth-order valence-electron chi connectivity index (χ4n) is 3.11. The molecule has 2 aromatic rings. The molecule has 3 rings (SSSR count). The summed E-state index contributed by atoms with van der Waals surface area (Å²) in [7, 11) is -3.02. The van der Waals surface area contributed by atoms with E-state index < -0.39 is 9.84 Å². The van der Waals surface area contributed by atoms with Crippen LogP contribution < -0.4 is 0 Å². The van der Waals surface area contributed by atoms with Crippen LogP contribution in [0.25, 0.3) is 11.4 Å². The van der Waals surface area contributed by atoms with E-state index in [2.05, 4.69) is 22.1 Å². The Balaban J connectivity index is 1.61. The van der Waals surface area contributed by atoms with Gasteiger partial charge in [0.1, 0.15) is 0 Å². The van der Waals surface area contributed by atoms with Crippen LogP contribution in [-0.2, 0) is 14.6 Å². The summed E-state index contributed by atoms with van der Waals surface area (Å²) in [6.45, 7) is 2.65. The number of thioether (sulfide) groups is 1. The maximum Gasteiger partial charge on any atom is 0.233 e. The predicted molar refractivity (Wildman–Crippen MR) is 106 cm³/mol. The van der Waals surface area contributed by atoms with E-state index in [0.29, 0.717) is 23.9 Å². The highest BCUT2D eigenvalue weighted by atomic mass is 32.2. The molecule has 1 aliphatic heterocycles. The number of sulfone groups is 1. The SMILES string of the molecule is CCCCN(C(=O)CSc1n[nH]c(-c2ccccc2)n1)[C@H]1CCS(=O)(=O)C1. The van der Waals surface area contributed by atoms with Gasteiger partial charge in [0, 0.05) is 18.2 Å². The van der Waals surface area contributed by atoms with Gasteiger partial charge in [-0.15, -0.1) is 5.10 Å². The van der Waals surface area contributed by atoms with Gasteiger partial charge in [-0.05, 0) is 12.8 Å². The Morgan fingerprint density at radius 1 is 1.33 bits per heavy atom. The molecule has 1 fully saturated rings. The van der Waals surface area contributed by atoms with Gasteiger partial charge in [-0.25, -0.2) is 13.4 Å². The van der Waals surface area contributed by atoms with E-state index >= 15 is 0 Å². The van der Waals surface area contributed by atoms with Gasteiger partial charge in [-0.1, -0.05) is 55.4 Å². The Kier molecular flexibility index (Phi) is 6.54. The summed E-state index contributed by atoms with van der Waals surface area (Å²) in [6.07, 6.45) is 2.35. The average molecular weight is 409 g/mol. The van der Waals surface area contributed by atoms with Crippen molar-refractivity contribution in [2.45, 2.75) is 37.4 Å². The van der Waals surface area contributed by atoms with E-state index in [1.54, 1.807) is 4.90 Å². The van der Waals surface area contributed by atoms with Gasteiger partial charge < -0.3 is 4.90 Å². The predicted octanol–water partition coefficient (Wildman–Crippen LogP) is 2.38. The molecule has 1 aromatic carbocycles. The highest BCUT2D eigenvalue weighted by molar-refractivity contribution is 7.99. The molecular formula is C18H24N4O3S2. The largest absolute Gasteiger partial charge is 0.338 e. The number of nitrogens with one attached hydrogen (secondary N) is 1. The summed E-state index contributed by atoms with van der Waals surface area (Å²) in [5, 5.41) is 7.57.